The van der Waals surface area contributed by atoms with Gasteiger partial charge in [0.25, 0.3) is 0 Å². The third-order valence-electron chi connectivity index (χ3n) is 3.81. The standard InChI is InChI=1S/C13H22N6/c1-8(2)13(3,4)7-15-10-9-6-16-19-11(9)18-12(14-5)17-10/h6,8H,7H2,1-5H3,(H3,14,15,16,17,18,19). The van der Waals surface area contributed by atoms with Crippen molar-refractivity contribution >= 4 is 22.8 Å². The molecular formula is C13H22N6. The van der Waals surface area contributed by atoms with E-state index in [0.717, 1.165) is 23.4 Å². The molecular weight excluding hydrogens is 240 g/mol. The Hall–Kier alpha value is -1.85. The number of hydrogen-bond donors (Lipinski definition) is 3. The van der Waals surface area contributed by atoms with Gasteiger partial charge in [-0.3, -0.25) is 5.10 Å². The molecule has 6 heteroatoms. The molecule has 104 valence electrons. The van der Waals surface area contributed by atoms with Gasteiger partial charge in [-0.15, -0.1) is 0 Å². The van der Waals surface area contributed by atoms with Gasteiger partial charge in [-0.1, -0.05) is 27.7 Å². The van der Waals surface area contributed by atoms with Crippen molar-refractivity contribution < 1.29 is 0 Å². The van der Waals surface area contributed by atoms with E-state index in [1.807, 2.05) is 0 Å². The number of aromatic amines is 1. The van der Waals surface area contributed by atoms with Gasteiger partial charge in [-0.05, 0) is 11.3 Å². The summed E-state index contributed by atoms with van der Waals surface area (Å²) >= 11 is 0. The van der Waals surface area contributed by atoms with Crippen molar-refractivity contribution in [1.82, 2.24) is 20.2 Å². The van der Waals surface area contributed by atoms with Gasteiger partial charge < -0.3 is 10.6 Å². The minimum Gasteiger partial charge on any atom is -0.369 e. The largest absolute Gasteiger partial charge is 0.369 e. The van der Waals surface area contributed by atoms with Gasteiger partial charge in [0.1, 0.15) is 5.82 Å². The van der Waals surface area contributed by atoms with Gasteiger partial charge in [0.05, 0.1) is 11.6 Å². The number of hydrogen-bond acceptors (Lipinski definition) is 5. The van der Waals surface area contributed by atoms with Crippen molar-refractivity contribution in [2.45, 2.75) is 27.7 Å². The Bertz CT molecular complexity index is 557. The lowest BCUT2D eigenvalue weighted by molar-refractivity contribution is 0.269. The smallest absolute Gasteiger partial charge is 0.226 e. The molecule has 0 aliphatic heterocycles. The van der Waals surface area contributed by atoms with Gasteiger partial charge >= 0.3 is 0 Å². The maximum atomic E-state index is 4.46. The lowest BCUT2D eigenvalue weighted by atomic mass is 9.81. The molecule has 2 aromatic heterocycles. The zero-order valence-electron chi connectivity index (χ0n) is 12.2. The predicted octanol–water partition coefficient (Wildman–Crippen LogP) is 2.49. The molecule has 2 heterocycles. The molecule has 0 unspecified atom stereocenters. The van der Waals surface area contributed by atoms with Crippen LogP contribution in [0, 0.1) is 11.3 Å². The molecule has 19 heavy (non-hydrogen) atoms. The Morgan fingerprint density at radius 3 is 2.68 bits per heavy atom. The van der Waals surface area contributed by atoms with E-state index < -0.39 is 0 Å². The zero-order valence-corrected chi connectivity index (χ0v) is 12.2. The van der Waals surface area contributed by atoms with E-state index >= 15 is 0 Å². The van der Waals surface area contributed by atoms with Crippen molar-refractivity contribution in [3.63, 3.8) is 0 Å². The van der Waals surface area contributed by atoms with Crippen LogP contribution in [0.25, 0.3) is 11.0 Å². The molecule has 0 bridgehead atoms. The number of nitrogens with one attached hydrogen (secondary N) is 3. The van der Waals surface area contributed by atoms with Crippen LogP contribution >= 0.6 is 0 Å². The first-order valence-corrected chi connectivity index (χ1v) is 6.57. The van der Waals surface area contributed by atoms with Gasteiger partial charge in [-0.2, -0.15) is 15.1 Å². The lowest BCUT2D eigenvalue weighted by Gasteiger charge is -2.29. The van der Waals surface area contributed by atoms with Crippen LogP contribution in [0.2, 0.25) is 0 Å². The molecule has 0 saturated heterocycles. The van der Waals surface area contributed by atoms with E-state index in [9.17, 15) is 0 Å². The summed E-state index contributed by atoms with van der Waals surface area (Å²) in [6.07, 6.45) is 1.75. The Kier molecular flexibility index (Phi) is 3.59. The average Bonchev–Trinajstić information content (AvgIpc) is 2.83. The molecule has 3 N–H and O–H groups in total. The number of H-pyrrole nitrogens is 1. The molecule has 2 rings (SSSR count). The fourth-order valence-corrected chi connectivity index (χ4v) is 1.60. The van der Waals surface area contributed by atoms with Crippen LogP contribution in [-0.2, 0) is 0 Å². The van der Waals surface area contributed by atoms with E-state index in [4.69, 9.17) is 0 Å². The van der Waals surface area contributed by atoms with E-state index in [1.165, 1.54) is 0 Å². The van der Waals surface area contributed by atoms with Crippen LogP contribution in [0.1, 0.15) is 27.7 Å². The molecule has 0 aliphatic carbocycles. The normalized spacial score (nSPS) is 12.1. The minimum atomic E-state index is 0.195. The van der Waals surface area contributed by atoms with E-state index in [2.05, 4.69) is 58.5 Å². The molecule has 0 aliphatic rings. The van der Waals surface area contributed by atoms with Gasteiger partial charge in [0, 0.05) is 13.6 Å². The van der Waals surface area contributed by atoms with E-state index in [1.54, 1.807) is 13.2 Å². The van der Waals surface area contributed by atoms with Crippen LogP contribution < -0.4 is 10.6 Å². The molecule has 0 saturated carbocycles. The number of nitrogens with zero attached hydrogens (tertiary/aromatic N) is 3. The quantitative estimate of drug-likeness (QED) is 0.771. The number of fused-ring (bicyclic) bond motifs is 1. The second-order valence-electron chi connectivity index (χ2n) is 5.77. The van der Waals surface area contributed by atoms with Crippen LogP contribution in [0.5, 0.6) is 0 Å². The van der Waals surface area contributed by atoms with E-state index in [0.29, 0.717) is 11.9 Å². The maximum Gasteiger partial charge on any atom is 0.226 e. The fraction of sp³-hybridized carbons (Fsp3) is 0.615. The molecule has 0 amide bonds. The number of aromatic nitrogens is 4. The van der Waals surface area contributed by atoms with Gasteiger partial charge in [-0.25, -0.2) is 0 Å². The second-order valence-corrected chi connectivity index (χ2v) is 5.77. The van der Waals surface area contributed by atoms with Gasteiger partial charge in [0.2, 0.25) is 5.95 Å². The Labute approximate surface area is 113 Å². The first kappa shape index (κ1) is 13.6. The minimum absolute atomic E-state index is 0.195. The summed E-state index contributed by atoms with van der Waals surface area (Å²) in [4.78, 5) is 8.77. The molecule has 0 radical (unpaired) electrons. The molecule has 2 aromatic rings. The summed E-state index contributed by atoms with van der Waals surface area (Å²) in [5, 5.41) is 14.2. The van der Waals surface area contributed by atoms with Crippen molar-refractivity contribution in [3.8, 4) is 0 Å². The zero-order chi connectivity index (χ0) is 14.0. The lowest BCUT2D eigenvalue weighted by Crippen LogP contribution is -2.28. The molecule has 0 aromatic carbocycles. The average molecular weight is 262 g/mol. The van der Waals surface area contributed by atoms with Crippen LogP contribution in [0.3, 0.4) is 0 Å². The molecule has 0 fully saturated rings. The summed E-state index contributed by atoms with van der Waals surface area (Å²) in [5.41, 5.74) is 0.935. The monoisotopic (exact) mass is 262 g/mol. The first-order valence-electron chi connectivity index (χ1n) is 6.57. The Morgan fingerprint density at radius 2 is 2.05 bits per heavy atom. The Balaban J connectivity index is 2.27. The number of anilines is 2. The highest BCUT2D eigenvalue weighted by Gasteiger charge is 2.22. The Morgan fingerprint density at radius 1 is 1.32 bits per heavy atom. The summed E-state index contributed by atoms with van der Waals surface area (Å²) < 4.78 is 0. The highest BCUT2D eigenvalue weighted by atomic mass is 15.2. The van der Waals surface area contributed by atoms with E-state index in [-0.39, 0.29) is 5.41 Å². The predicted molar refractivity (Wildman–Crippen MR) is 78.3 cm³/mol. The van der Waals surface area contributed by atoms with Crippen molar-refractivity contribution in [3.05, 3.63) is 6.20 Å². The van der Waals surface area contributed by atoms with Crippen molar-refractivity contribution in [1.29, 1.82) is 0 Å². The third-order valence-corrected chi connectivity index (χ3v) is 3.81. The van der Waals surface area contributed by atoms with Crippen LogP contribution in [-0.4, -0.2) is 33.8 Å². The highest BCUT2D eigenvalue weighted by Crippen LogP contribution is 2.27. The molecule has 6 nitrogen and oxygen atoms in total. The third kappa shape index (κ3) is 2.77. The van der Waals surface area contributed by atoms with Crippen LogP contribution in [0.4, 0.5) is 11.8 Å². The second kappa shape index (κ2) is 5.03. The summed E-state index contributed by atoms with van der Waals surface area (Å²) in [6.45, 7) is 9.81. The van der Waals surface area contributed by atoms with Crippen LogP contribution in [0.15, 0.2) is 6.20 Å². The molecule has 0 spiro atoms. The summed E-state index contributed by atoms with van der Waals surface area (Å²) in [7, 11) is 1.80. The first-order chi connectivity index (χ1) is 8.94. The summed E-state index contributed by atoms with van der Waals surface area (Å²) in [5.74, 6) is 1.99. The van der Waals surface area contributed by atoms with Gasteiger partial charge in [0.15, 0.2) is 5.65 Å². The van der Waals surface area contributed by atoms with Crippen molar-refractivity contribution in [2.24, 2.45) is 11.3 Å². The number of rotatable bonds is 5. The topological polar surface area (TPSA) is 78.5 Å². The van der Waals surface area contributed by atoms with Crippen molar-refractivity contribution in [2.75, 3.05) is 24.2 Å². The fourth-order valence-electron chi connectivity index (χ4n) is 1.60. The summed E-state index contributed by atoms with van der Waals surface area (Å²) in [6, 6.07) is 0. The molecule has 0 atom stereocenters. The SMILES string of the molecule is CNc1nc(NCC(C)(C)C(C)C)c2cn[nH]c2n1. The highest BCUT2D eigenvalue weighted by molar-refractivity contribution is 5.86. The maximum absolute atomic E-state index is 4.46.